The van der Waals surface area contributed by atoms with Crippen molar-refractivity contribution in [2.75, 3.05) is 10.6 Å². The van der Waals surface area contributed by atoms with Crippen molar-refractivity contribution >= 4 is 11.5 Å². The van der Waals surface area contributed by atoms with Crippen LogP contribution in [0.5, 0.6) is 0 Å². The summed E-state index contributed by atoms with van der Waals surface area (Å²) in [5.41, 5.74) is 9.47. The molecule has 0 aromatic carbocycles. The van der Waals surface area contributed by atoms with Crippen LogP contribution in [0.2, 0.25) is 0 Å². The highest BCUT2D eigenvalue weighted by Gasteiger charge is 2.28. The van der Waals surface area contributed by atoms with E-state index in [1.807, 2.05) is 18.3 Å². The lowest BCUT2D eigenvalue weighted by molar-refractivity contribution is 0.393. The minimum Gasteiger partial charge on any atom is -0.396 e. The second kappa shape index (κ2) is 9.07. The molecule has 3 nitrogen and oxygen atoms in total. The van der Waals surface area contributed by atoms with E-state index in [4.69, 9.17) is 5.73 Å². The smallest absolute Gasteiger partial charge is 0.160 e. The summed E-state index contributed by atoms with van der Waals surface area (Å²) in [6.07, 6.45) is 11.9. The highest BCUT2D eigenvalue weighted by Crippen LogP contribution is 2.39. The first-order valence-corrected chi connectivity index (χ1v) is 9.86. The van der Waals surface area contributed by atoms with Crippen molar-refractivity contribution in [3.8, 4) is 0 Å². The van der Waals surface area contributed by atoms with E-state index in [0.717, 1.165) is 23.6 Å². The third kappa shape index (κ3) is 4.87. The number of nitrogens with zero attached hydrogens (tertiary/aromatic N) is 2. The third-order valence-electron chi connectivity index (χ3n) is 5.36. The first kappa shape index (κ1) is 19.6. The van der Waals surface area contributed by atoms with Crippen LogP contribution in [-0.2, 0) is 0 Å². The highest BCUT2D eigenvalue weighted by atomic mass is 15.2. The minimum absolute atomic E-state index is 0.338. The SMILES string of the molecule is C=C(C(C)C)N(/C(=C\C(C)CC)C1CCCCC1)c1ncccc1N. The molecule has 1 aromatic heterocycles. The molecule has 0 aliphatic heterocycles. The van der Waals surface area contributed by atoms with Gasteiger partial charge in [0.25, 0.3) is 0 Å². The number of hydrogen-bond donors (Lipinski definition) is 1. The van der Waals surface area contributed by atoms with Crippen LogP contribution < -0.4 is 10.6 Å². The van der Waals surface area contributed by atoms with Gasteiger partial charge in [0.05, 0.1) is 5.69 Å². The van der Waals surface area contributed by atoms with Gasteiger partial charge in [-0.3, -0.25) is 0 Å². The molecule has 2 N–H and O–H groups in total. The Hall–Kier alpha value is -1.77. The van der Waals surface area contributed by atoms with Gasteiger partial charge in [-0.05, 0) is 42.7 Å². The summed E-state index contributed by atoms with van der Waals surface area (Å²) in [7, 11) is 0. The van der Waals surface area contributed by atoms with Crippen LogP contribution in [0.15, 0.2) is 42.4 Å². The molecule has 1 unspecified atom stereocenters. The summed E-state index contributed by atoms with van der Waals surface area (Å²) < 4.78 is 0. The van der Waals surface area contributed by atoms with Crippen LogP contribution in [0.4, 0.5) is 11.5 Å². The predicted molar refractivity (Wildman–Crippen MR) is 109 cm³/mol. The molecular weight excluding hydrogens is 306 g/mol. The van der Waals surface area contributed by atoms with E-state index in [2.05, 4.69) is 50.2 Å². The molecular formula is C22H35N3. The molecule has 0 bridgehead atoms. The topological polar surface area (TPSA) is 42.2 Å². The van der Waals surface area contributed by atoms with Crippen molar-refractivity contribution in [1.82, 2.24) is 4.98 Å². The Morgan fingerprint density at radius 1 is 1.32 bits per heavy atom. The first-order valence-electron chi connectivity index (χ1n) is 9.86. The molecule has 1 aromatic rings. The van der Waals surface area contributed by atoms with Gasteiger partial charge in [-0.15, -0.1) is 0 Å². The second-order valence-corrected chi connectivity index (χ2v) is 7.71. The van der Waals surface area contributed by atoms with Crippen molar-refractivity contribution in [3.05, 3.63) is 42.4 Å². The predicted octanol–water partition coefficient (Wildman–Crippen LogP) is 6.15. The molecule has 0 radical (unpaired) electrons. The first-order chi connectivity index (χ1) is 12.0. The van der Waals surface area contributed by atoms with E-state index in [0.29, 0.717) is 17.8 Å². The number of nitrogen functional groups attached to an aromatic ring is 1. The largest absolute Gasteiger partial charge is 0.396 e. The quantitative estimate of drug-likeness (QED) is 0.646. The number of rotatable bonds is 7. The fraction of sp³-hybridized carbons (Fsp3) is 0.591. The molecule has 25 heavy (non-hydrogen) atoms. The van der Waals surface area contributed by atoms with Crippen LogP contribution in [-0.4, -0.2) is 4.98 Å². The number of aromatic nitrogens is 1. The maximum atomic E-state index is 6.32. The Balaban J connectivity index is 2.54. The lowest BCUT2D eigenvalue weighted by Crippen LogP contribution is -2.31. The van der Waals surface area contributed by atoms with Crippen LogP contribution >= 0.6 is 0 Å². The van der Waals surface area contributed by atoms with Crippen LogP contribution in [0, 0.1) is 17.8 Å². The number of allylic oxidation sites excluding steroid dienone is 3. The average molecular weight is 342 g/mol. The number of hydrogen-bond acceptors (Lipinski definition) is 3. The summed E-state index contributed by atoms with van der Waals surface area (Å²) in [6.45, 7) is 13.3. The summed E-state index contributed by atoms with van der Waals surface area (Å²) in [4.78, 5) is 6.90. The van der Waals surface area contributed by atoms with Crippen LogP contribution in [0.25, 0.3) is 0 Å². The Bertz CT molecular complexity index is 597. The van der Waals surface area contributed by atoms with E-state index in [9.17, 15) is 0 Å². The van der Waals surface area contributed by atoms with Crippen molar-refractivity contribution in [2.24, 2.45) is 17.8 Å². The average Bonchev–Trinajstić information content (AvgIpc) is 2.62. The number of pyridine rings is 1. The van der Waals surface area contributed by atoms with Crippen LogP contribution in [0.3, 0.4) is 0 Å². The lowest BCUT2D eigenvalue weighted by Gasteiger charge is -2.37. The molecule has 1 aliphatic rings. The molecule has 0 spiro atoms. The highest BCUT2D eigenvalue weighted by molar-refractivity contribution is 5.68. The van der Waals surface area contributed by atoms with E-state index in [1.165, 1.54) is 37.8 Å². The zero-order chi connectivity index (χ0) is 18.4. The molecule has 0 saturated heterocycles. The summed E-state index contributed by atoms with van der Waals surface area (Å²) in [6, 6.07) is 3.83. The van der Waals surface area contributed by atoms with Crippen molar-refractivity contribution in [3.63, 3.8) is 0 Å². The Labute approximate surface area is 154 Å². The van der Waals surface area contributed by atoms with Gasteiger partial charge in [-0.1, -0.05) is 66.0 Å². The molecule has 1 saturated carbocycles. The number of anilines is 2. The molecule has 1 aliphatic carbocycles. The molecule has 3 heteroatoms. The second-order valence-electron chi connectivity index (χ2n) is 7.71. The molecule has 2 rings (SSSR count). The van der Waals surface area contributed by atoms with Crippen LogP contribution in [0.1, 0.15) is 66.2 Å². The van der Waals surface area contributed by atoms with Gasteiger partial charge in [0.15, 0.2) is 5.82 Å². The van der Waals surface area contributed by atoms with Crippen molar-refractivity contribution < 1.29 is 0 Å². The van der Waals surface area contributed by atoms with Gasteiger partial charge in [0.1, 0.15) is 0 Å². The lowest BCUT2D eigenvalue weighted by atomic mass is 9.84. The standard InChI is InChI=1S/C22H35N3/c1-6-17(4)15-21(19-11-8-7-9-12-19)25(18(5)16(2)3)22-20(23)13-10-14-24-22/h10,13-17,19H,5-9,11-12,23H2,1-4H3/b21-15-. The minimum atomic E-state index is 0.338. The molecule has 0 amide bonds. The fourth-order valence-corrected chi connectivity index (χ4v) is 3.48. The summed E-state index contributed by atoms with van der Waals surface area (Å²) in [5, 5.41) is 0. The van der Waals surface area contributed by atoms with Gasteiger partial charge >= 0.3 is 0 Å². The third-order valence-corrected chi connectivity index (χ3v) is 5.36. The molecule has 1 atom stereocenters. The van der Waals surface area contributed by atoms with Crippen molar-refractivity contribution in [2.45, 2.75) is 66.2 Å². The van der Waals surface area contributed by atoms with Crippen molar-refractivity contribution in [1.29, 1.82) is 0 Å². The maximum absolute atomic E-state index is 6.32. The summed E-state index contributed by atoms with van der Waals surface area (Å²) in [5.74, 6) is 2.27. The zero-order valence-electron chi connectivity index (χ0n) is 16.5. The van der Waals surface area contributed by atoms with Gasteiger partial charge in [-0.2, -0.15) is 0 Å². The Morgan fingerprint density at radius 3 is 2.56 bits per heavy atom. The summed E-state index contributed by atoms with van der Waals surface area (Å²) >= 11 is 0. The van der Waals surface area contributed by atoms with E-state index < -0.39 is 0 Å². The Morgan fingerprint density at radius 2 is 2.00 bits per heavy atom. The van der Waals surface area contributed by atoms with E-state index in [-0.39, 0.29) is 0 Å². The van der Waals surface area contributed by atoms with E-state index in [1.54, 1.807) is 0 Å². The maximum Gasteiger partial charge on any atom is 0.160 e. The monoisotopic (exact) mass is 341 g/mol. The molecule has 1 fully saturated rings. The Kier molecular flexibility index (Phi) is 7.10. The molecule has 1 heterocycles. The van der Waals surface area contributed by atoms with Gasteiger partial charge < -0.3 is 10.6 Å². The van der Waals surface area contributed by atoms with Gasteiger partial charge in [-0.25, -0.2) is 4.98 Å². The van der Waals surface area contributed by atoms with E-state index >= 15 is 0 Å². The number of nitrogens with two attached hydrogens (primary N) is 1. The van der Waals surface area contributed by atoms with Gasteiger partial charge in [0, 0.05) is 17.6 Å². The van der Waals surface area contributed by atoms with Gasteiger partial charge in [0.2, 0.25) is 0 Å². The normalized spacial score (nSPS) is 17.6. The zero-order valence-corrected chi connectivity index (χ0v) is 16.5. The molecule has 138 valence electrons. The fourth-order valence-electron chi connectivity index (χ4n) is 3.48.